The van der Waals surface area contributed by atoms with Gasteiger partial charge >= 0.3 is 0 Å². The van der Waals surface area contributed by atoms with Gasteiger partial charge in [0.1, 0.15) is 0 Å². The molecule has 1 saturated heterocycles. The Labute approximate surface area is 76.6 Å². The highest BCUT2D eigenvalue weighted by Crippen LogP contribution is 2.18. The van der Waals surface area contributed by atoms with Gasteiger partial charge in [-0.05, 0) is 6.42 Å². The fraction of sp³-hybridized carbons (Fsp3) is 1.00. The van der Waals surface area contributed by atoms with E-state index < -0.39 is 30.8 Å². The standard InChI is InChI=1S/C8H16O5/c9-3-7(11)5-4-13-2-1-6(10)8(5)12/h5-12H,1-4H2. The molecule has 4 unspecified atom stereocenters. The van der Waals surface area contributed by atoms with E-state index >= 15 is 0 Å². The third kappa shape index (κ3) is 2.62. The Morgan fingerprint density at radius 3 is 2.69 bits per heavy atom. The molecule has 1 fully saturated rings. The van der Waals surface area contributed by atoms with Crippen LogP contribution in [-0.2, 0) is 4.74 Å². The zero-order valence-electron chi connectivity index (χ0n) is 7.33. The predicted octanol–water partition coefficient (Wildman–Crippen LogP) is -1.90. The summed E-state index contributed by atoms with van der Waals surface area (Å²) in [6.45, 7) is 0.102. The minimum absolute atomic E-state index is 0.167. The molecule has 1 rings (SSSR count). The SMILES string of the molecule is OCC(O)C1COCCC(O)C1O. The van der Waals surface area contributed by atoms with Gasteiger partial charge in [0, 0.05) is 12.5 Å². The second-order valence-electron chi connectivity index (χ2n) is 3.34. The lowest BCUT2D eigenvalue weighted by molar-refractivity contribution is -0.0732. The molecule has 0 aromatic carbocycles. The molecule has 13 heavy (non-hydrogen) atoms. The lowest BCUT2D eigenvalue weighted by Gasteiger charge is -2.26. The zero-order chi connectivity index (χ0) is 9.84. The number of aliphatic hydroxyl groups is 4. The van der Waals surface area contributed by atoms with Gasteiger partial charge in [0.2, 0.25) is 0 Å². The summed E-state index contributed by atoms with van der Waals surface area (Å²) in [5.74, 6) is -0.609. The first-order valence-electron chi connectivity index (χ1n) is 4.39. The summed E-state index contributed by atoms with van der Waals surface area (Å²) in [5, 5.41) is 36.8. The van der Waals surface area contributed by atoms with E-state index in [0.717, 1.165) is 0 Å². The molecular weight excluding hydrogens is 176 g/mol. The minimum Gasteiger partial charge on any atom is -0.394 e. The van der Waals surface area contributed by atoms with Crippen molar-refractivity contribution in [3.63, 3.8) is 0 Å². The molecule has 5 nitrogen and oxygen atoms in total. The molecule has 4 atom stereocenters. The normalized spacial score (nSPS) is 38.3. The summed E-state index contributed by atoms with van der Waals surface area (Å²) in [7, 11) is 0. The van der Waals surface area contributed by atoms with Crippen molar-refractivity contribution in [1.82, 2.24) is 0 Å². The zero-order valence-corrected chi connectivity index (χ0v) is 7.33. The predicted molar refractivity (Wildman–Crippen MR) is 44.0 cm³/mol. The van der Waals surface area contributed by atoms with E-state index in [4.69, 9.17) is 9.84 Å². The van der Waals surface area contributed by atoms with Crippen molar-refractivity contribution in [3.8, 4) is 0 Å². The highest BCUT2D eigenvalue weighted by Gasteiger charge is 2.33. The minimum atomic E-state index is -1.04. The molecule has 78 valence electrons. The first-order chi connectivity index (χ1) is 6.16. The summed E-state index contributed by atoms with van der Waals surface area (Å²) in [4.78, 5) is 0. The fourth-order valence-corrected chi connectivity index (χ4v) is 1.45. The molecule has 0 aromatic rings. The molecule has 0 radical (unpaired) electrons. The number of hydrogen-bond donors (Lipinski definition) is 4. The van der Waals surface area contributed by atoms with Crippen molar-refractivity contribution in [2.45, 2.75) is 24.7 Å². The first kappa shape index (κ1) is 10.9. The summed E-state index contributed by atoms with van der Waals surface area (Å²) in [5.41, 5.74) is 0. The van der Waals surface area contributed by atoms with E-state index in [1.165, 1.54) is 0 Å². The Kier molecular flexibility index (Phi) is 4.08. The Morgan fingerprint density at radius 1 is 1.38 bits per heavy atom. The number of ether oxygens (including phenoxy) is 1. The number of hydrogen-bond acceptors (Lipinski definition) is 5. The number of rotatable bonds is 2. The number of aliphatic hydroxyl groups excluding tert-OH is 4. The summed E-state index contributed by atoms with van der Waals surface area (Å²) in [6, 6.07) is 0. The maximum absolute atomic E-state index is 9.52. The third-order valence-electron chi connectivity index (χ3n) is 2.38. The highest BCUT2D eigenvalue weighted by atomic mass is 16.5. The van der Waals surface area contributed by atoms with Gasteiger partial charge in [-0.1, -0.05) is 0 Å². The van der Waals surface area contributed by atoms with Gasteiger partial charge in [0.15, 0.2) is 0 Å². The van der Waals surface area contributed by atoms with Crippen LogP contribution in [0, 0.1) is 5.92 Å². The Morgan fingerprint density at radius 2 is 2.08 bits per heavy atom. The van der Waals surface area contributed by atoms with Crippen LogP contribution in [-0.4, -0.2) is 58.6 Å². The molecule has 0 aliphatic carbocycles. The molecule has 0 aromatic heterocycles. The van der Waals surface area contributed by atoms with Crippen molar-refractivity contribution in [3.05, 3.63) is 0 Å². The second-order valence-corrected chi connectivity index (χ2v) is 3.34. The van der Waals surface area contributed by atoms with E-state index in [9.17, 15) is 15.3 Å². The van der Waals surface area contributed by atoms with E-state index in [1.54, 1.807) is 0 Å². The van der Waals surface area contributed by atoms with Crippen LogP contribution < -0.4 is 0 Å². The van der Waals surface area contributed by atoms with Gasteiger partial charge in [-0.25, -0.2) is 0 Å². The first-order valence-corrected chi connectivity index (χ1v) is 4.39. The van der Waals surface area contributed by atoms with Gasteiger partial charge in [-0.15, -0.1) is 0 Å². The monoisotopic (exact) mass is 192 g/mol. The van der Waals surface area contributed by atoms with Gasteiger partial charge < -0.3 is 25.2 Å². The van der Waals surface area contributed by atoms with Crippen molar-refractivity contribution in [1.29, 1.82) is 0 Å². The van der Waals surface area contributed by atoms with Crippen LogP contribution in [0.4, 0.5) is 0 Å². The van der Waals surface area contributed by atoms with Gasteiger partial charge in [-0.3, -0.25) is 0 Å². The molecule has 0 bridgehead atoms. The Hall–Kier alpha value is -0.200. The smallest absolute Gasteiger partial charge is 0.0875 e. The Balaban J connectivity index is 2.58. The van der Waals surface area contributed by atoms with Crippen molar-refractivity contribution in [2.24, 2.45) is 5.92 Å². The van der Waals surface area contributed by atoms with Gasteiger partial charge in [0.25, 0.3) is 0 Å². The maximum Gasteiger partial charge on any atom is 0.0875 e. The quantitative estimate of drug-likeness (QED) is 0.410. The maximum atomic E-state index is 9.52. The second kappa shape index (κ2) is 4.88. The summed E-state index contributed by atoms with van der Waals surface area (Å²) >= 11 is 0. The summed E-state index contributed by atoms with van der Waals surface area (Å²) in [6.07, 6.45) is -2.59. The van der Waals surface area contributed by atoms with Crippen molar-refractivity contribution >= 4 is 0 Å². The highest BCUT2D eigenvalue weighted by molar-refractivity contribution is 4.82. The van der Waals surface area contributed by atoms with Crippen LogP contribution in [0.5, 0.6) is 0 Å². The fourth-order valence-electron chi connectivity index (χ4n) is 1.45. The van der Waals surface area contributed by atoms with Crippen LogP contribution in [0.25, 0.3) is 0 Å². The lowest BCUT2D eigenvalue weighted by Crippen LogP contribution is -2.42. The topological polar surface area (TPSA) is 90.2 Å². The van der Waals surface area contributed by atoms with Crippen molar-refractivity contribution in [2.75, 3.05) is 19.8 Å². The van der Waals surface area contributed by atoms with Crippen LogP contribution in [0.3, 0.4) is 0 Å². The van der Waals surface area contributed by atoms with Crippen LogP contribution in [0.1, 0.15) is 6.42 Å². The molecule has 4 N–H and O–H groups in total. The Bertz CT molecular complexity index is 151. The average Bonchev–Trinajstić information content (AvgIpc) is 2.29. The molecule has 5 heteroatoms. The molecule has 0 amide bonds. The van der Waals surface area contributed by atoms with Gasteiger partial charge in [0.05, 0.1) is 31.5 Å². The van der Waals surface area contributed by atoms with E-state index in [2.05, 4.69) is 0 Å². The van der Waals surface area contributed by atoms with Crippen molar-refractivity contribution < 1.29 is 25.2 Å². The van der Waals surface area contributed by atoms with E-state index in [-0.39, 0.29) is 6.61 Å². The molecule has 0 spiro atoms. The van der Waals surface area contributed by atoms with Crippen LogP contribution >= 0.6 is 0 Å². The lowest BCUT2D eigenvalue weighted by atomic mass is 9.93. The van der Waals surface area contributed by atoms with E-state index in [1.807, 2.05) is 0 Å². The van der Waals surface area contributed by atoms with E-state index in [0.29, 0.717) is 13.0 Å². The molecule has 1 aliphatic heterocycles. The largest absolute Gasteiger partial charge is 0.394 e. The summed E-state index contributed by atoms with van der Waals surface area (Å²) < 4.78 is 5.08. The third-order valence-corrected chi connectivity index (χ3v) is 2.38. The average molecular weight is 192 g/mol. The molecule has 1 aliphatic rings. The molecule has 1 heterocycles. The van der Waals surface area contributed by atoms with Crippen LogP contribution in [0.15, 0.2) is 0 Å². The molecular formula is C8H16O5. The molecule has 0 saturated carbocycles. The van der Waals surface area contributed by atoms with Crippen LogP contribution in [0.2, 0.25) is 0 Å². The van der Waals surface area contributed by atoms with Gasteiger partial charge in [-0.2, -0.15) is 0 Å².